The molecule has 0 bridgehead atoms. The Morgan fingerprint density at radius 3 is 3.00 bits per heavy atom. The van der Waals surface area contributed by atoms with E-state index in [-0.39, 0.29) is 5.56 Å². The molecule has 0 radical (unpaired) electrons. The maximum atomic E-state index is 12.2. The van der Waals surface area contributed by atoms with E-state index < -0.39 is 0 Å². The number of anilines is 1. The average molecular weight is 268 g/mol. The molecular weight excluding hydrogens is 252 g/mol. The van der Waals surface area contributed by atoms with Crippen LogP contribution >= 0.6 is 0 Å². The van der Waals surface area contributed by atoms with Crippen molar-refractivity contribution in [2.24, 2.45) is 0 Å². The van der Waals surface area contributed by atoms with E-state index in [1.165, 1.54) is 5.56 Å². The van der Waals surface area contributed by atoms with E-state index >= 15 is 0 Å². The molecule has 3 aromatic rings. The minimum absolute atomic E-state index is 0.0176. The summed E-state index contributed by atoms with van der Waals surface area (Å²) in [7, 11) is 0. The first-order chi connectivity index (χ1) is 9.74. The quantitative estimate of drug-likeness (QED) is 0.786. The summed E-state index contributed by atoms with van der Waals surface area (Å²) in [6.45, 7) is 3.38. The Morgan fingerprint density at radius 1 is 1.25 bits per heavy atom. The zero-order valence-corrected chi connectivity index (χ0v) is 11.3. The summed E-state index contributed by atoms with van der Waals surface area (Å²) >= 11 is 0. The zero-order valence-electron chi connectivity index (χ0n) is 11.3. The van der Waals surface area contributed by atoms with Gasteiger partial charge in [0.15, 0.2) is 0 Å². The summed E-state index contributed by atoms with van der Waals surface area (Å²) in [5.74, 6) is 0. The second-order valence-electron chi connectivity index (χ2n) is 4.75. The highest BCUT2D eigenvalue weighted by Crippen LogP contribution is 2.08. The van der Waals surface area contributed by atoms with E-state index in [0.29, 0.717) is 18.6 Å². The maximum Gasteiger partial charge on any atom is 0.276 e. The van der Waals surface area contributed by atoms with Gasteiger partial charge in [0, 0.05) is 31.2 Å². The van der Waals surface area contributed by atoms with Crippen LogP contribution in [0.5, 0.6) is 0 Å². The van der Waals surface area contributed by atoms with Crippen LogP contribution in [0, 0.1) is 6.92 Å². The average Bonchev–Trinajstić information content (AvgIpc) is 2.91. The van der Waals surface area contributed by atoms with Crippen molar-refractivity contribution in [1.29, 1.82) is 0 Å². The largest absolute Gasteiger partial charge is 0.383 e. The predicted molar refractivity (Wildman–Crippen MR) is 79.1 cm³/mol. The molecule has 2 heterocycles. The highest BCUT2D eigenvalue weighted by molar-refractivity contribution is 5.45. The lowest BCUT2D eigenvalue weighted by Crippen LogP contribution is -2.24. The maximum absolute atomic E-state index is 12.2. The molecule has 5 heteroatoms. The number of aromatic nitrogens is 3. The van der Waals surface area contributed by atoms with Crippen LogP contribution in [0.1, 0.15) is 5.56 Å². The molecule has 0 aliphatic heterocycles. The number of hydrogen-bond acceptors (Lipinski definition) is 3. The fourth-order valence-corrected chi connectivity index (χ4v) is 2.21. The van der Waals surface area contributed by atoms with Crippen LogP contribution in [0.15, 0.2) is 53.7 Å². The van der Waals surface area contributed by atoms with Crippen molar-refractivity contribution in [2.75, 3.05) is 11.9 Å². The van der Waals surface area contributed by atoms with Crippen molar-refractivity contribution in [3.05, 3.63) is 64.8 Å². The van der Waals surface area contributed by atoms with Crippen LogP contribution in [-0.2, 0) is 6.54 Å². The first-order valence-electron chi connectivity index (χ1n) is 6.57. The second kappa shape index (κ2) is 5.21. The van der Waals surface area contributed by atoms with Gasteiger partial charge >= 0.3 is 0 Å². The number of fused-ring (bicyclic) bond motifs is 1. The molecule has 1 N–H and O–H groups in total. The molecule has 1 aromatic carbocycles. The van der Waals surface area contributed by atoms with Crippen molar-refractivity contribution in [3.63, 3.8) is 0 Å². The molecule has 0 atom stereocenters. The minimum atomic E-state index is -0.0176. The molecule has 5 nitrogen and oxygen atoms in total. The van der Waals surface area contributed by atoms with E-state index in [1.807, 2.05) is 12.1 Å². The van der Waals surface area contributed by atoms with Gasteiger partial charge in [0.05, 0.1) is 6.20 Å². The van der Waals surface area contributed by atoms with E-state index in [2.05, 4.69) is 29.5 Å². The Morgan fingerprint density at radius 2 is 2.15 bits per heavy atom. The molecular formula is C15H16N4O. The van der Waals surface area contributed by atoms with Crippen molar-refractivity contribution < 1.29 is 0 Å². The van der Waals surface area contributed by atoms with Crippen molar-refractivity contribution in [3.8, 4) is 0 Å². The van der Waals surface area contributed by atoms with Gasteiger partial charge in [0.1, 0.15) is 5.52 Å². The van der Waals surface area contributed by atoms with Crippen LogP contribution in [0.2, 0.25) is 0 Å². The van der Waals surface area contributed by atoms with Gasteiger partial charge in [0.25, 0.3) is 5.56 Å². The smallest absolute Gasteiger partial charge is 0.276 e. The van der Waals surface area contributed by atoms with Crippen LogP contribution in [0.25, 0.3) is 5.52 Å². The monoisotopic (exact) mass is 268 g/mol. The van der Waals surface area contributed by atoms with Gasteiger partial charge in [0.2, 0.25) is 0 Å². The Hall–Kier alpha value is -2.56. The molecule has 0 aliphatic rings. The molecule has 0 saturated carbocycles. The summed E-state index contributed by atoms with van der Waals surface area (Å²) < 4.78 is 3.28. The molecule has 0 aliphatic carbocycles. The van der Waals surface area contributed by atoms with Crippen molar-refractivity contribution in [2.45, 2.75) is 13.5 Å². The number of aryl methyl sites for hydroxylation is 1. The van der Waals surface area contributed by atoms with Gasteiger partial charge in [-0.1, -0.05) is 12.1 Å². The van der Waals surface area contributed by atoms with Crippen LogP contribution in [0.3, 0.4) is 0 Å². The van der Waals surface area contributed by atoms with Gasteiger partial charge in [-0.05, 0) is 30.7 Å². The fraction of sp³-hybridized carbons (Fsp3) is 0.200. The molecule has 0 unspecified atom stereocenters. The third-order valence-electron chi connectivity index (χ3n) is 3.24. The van der Waals surface area contributed by atoms with Crippen LogP contribution in [0.4, 0.5) is 5.69 Å². The molecule has 2 aromatic heterocycles. The highest BCUT2D eigenvalue weighted by Gasteiger charge is 2.02. The van der Waals surface area contributed by atoms with Gasteiger partial charge in [-0.3, -0.25) is 4.79 Å². The van der Waals surface area contributed by atoms with E-state index in [4.69, 9.17) is 0 Å². The normalized spacial score (nSPS) is 10.8. The lowest BCUT2D eigenvalue weighted by atomic mass is 10.2. The molecule has 102 valence electrons. The van der Waals surface area contributed by atoms with E-state index in [0.717, 1.165) is 5.69 Å². The zero-order chi connectivity index (χ0) is 13.9. The second-order valence-corrected chi connectivity index (χ2v) is 4.75. The summed E-state index contributed by atoms with van der Waals surface area (Å²) in [5.41, 5.74) is 2.87. The molecule has 20 heavy (non-hydrogen) atoms. The molecule has 0 saturated heterocycles. The van der Waals surface area contributed by atoms with Gasteiger partial charge < -0.3 is 9.88 Å². The number of hydrogen-bond donors (Lipinski definition) is 1. The number of nitrogens with one attached hydrogen (secondary N) is 1. The Labute approximate surface area is 116 Å². The number of nitrogens with zero attached hydrogens (tertiary/aromatic N) is 3. The van der Waals surface area contributed by atoms with Gasteiger partial charge in [-0.2, -0.15) is 5.10 Å². The number of rotatable bonds is 4. The van der Waals surface area contributed by atoms with E-state index in [1.54, 1.807) is 33.7 Å². The summed E-state index contributed by atoms with van der Waals surface area (Å²) in [6.07, 6.45) is 5.19. The standard InChI is InChI=1S/C15H16N4O/c1-12-3-2-4-13(11-12)16-7-8-18-9-10-19-14(15(18)20)5-6-17-19/h2-6,9-11,16H,7-8H2,1H3. The van der Waals surface area contributed by atoms with Crippen molar-refractivity contribution in [1.82, 2.24) is 14.2 Å². The lowest BCUT2D eigenvalue weighted by Gasteiger charge is -2.09. The van der Waals surface area contributed by atoms with Crippen molar-refractivity contribution >= 4 is 11.2 Å². The summed E-state index contributed by atoms with van der Waals surface area (Å²) in [5, 5.41) is 7.37. The third kappa shape index (κ3) is 2.42. The molecule has 0 spiro atoms. The van der Waals surface area contributed by atoms with Gasteiger partial charge in [-0.25, -0.2) is 4.52 Å². The number of benzene rings is 1. The minimum Gasteiger partial charge on any atom is -0.383 e. The van der Waals surface area contributed by atoms with Crippen LogP contribution < -0.4 is 10.9 Å². The molecule has 3 rings (SSSR count). The van der Waals surface area contributed by atoms with E-state index in [9.17, 15) is 4.79 Å². The predicted octanol–water partition coefficient (Wildman–Crippen LogP) is 1.92. The molecule has 0 amide bonds. The summed E-state index contributed by atoms with van der Waals surface area (Å²) in [6, 6.07) is 9.91. The first kappa shape index (κ1) is 12.5. The Kier molecular flexibility index (Phi) is 3.25. The Bertz CT molecular complexity index is 788. The fourth-order valence-electron chi connectivity index (χ4n) is 2.21. The SMILES string of the molecule is Cc1cccc(NCCn2ccn3nccc3c2=O)c1. The highest BCUT2D eigenvalue weighted by atomic mass is 16.1. The lowest BCUT2D eigenvalue weighted by molar-refractivity contribution is 0.688. The van der Waals surface area contributed by atoms with Crippen LogP contribution in [-0.4, -0.2) is 20.7 Å². The third-order valence-corrected chi connectivity index (χ3v) is 3.24. The molecule has 0 fully saturated rings. The topological polar surface area (TPSA) is 51.3 Å². The Balaban J connectivity index is 1.71. The summed E-state index contributed by atoms with van der Waals surface area (Å²) in [4.78, 5) is 12.2. The first-order valence-corrected chi connectivity index (χ1v) is 6.57. The van der Waals surface area contributed by atoms with Gasteiger partial charge in [-0.15, -0.1) is 0 Å².